The number of aromatic nitrogens is 3. The van der Waals surface area contributed by atoms with Crippen molar-refractivity contribution in [3.63, 3.8) is 0 Å². The van der Waals surface area contributed by atoms with Gasteiger partial charge < -0.3 is 10.6 Å². The summed E-state index contributed by atoms with van der Waals surface area (Å²) < 4.78 is 0. The Morgan fingerprint density at radius 1 is 1.04 bits per heavy atom. The topological polar surface area (TPSA) is 62.7 Å². The van der Waals surface area contributed by atoms with Crippen molar-refractivity contribution in [3.05, 3.63) is 75.4 Å². The molecule has 134 valence electrons. The number of hydrogen-bond donors (Lipinski definition) is 2. The average molecular weight is 388 g/mol. The van der Waals surface area contributed by atoms with Gasteiger partial charge in [0.2, 0.25) is 5.95 Å². The van der Waals surface area contributed by atoms with Gasteiger partial charge in [0.15, 0.2) is 5.82 Å². The first-order chi connectivity index (χ1) is 12.6. The summed E-state index contributed by atoms with van der Waals surface area (Å²) in [5, 5.41) is 15.7. The maximum Gasteiger partial charge on any atom is 0.244 e. The Hall–Kier alpha value is -2.37. The lowest BCUT2D eigenvalue weighted by Crippen LogP contribution is -2.11. The highest BCUT2D eigenvalue weighted by Crippen LogP contribution is 2.21. The molecular weight excluding hydrogens is 369 g/mol. The number of anilines is 2. The van der Waals surface area contributed by atoms with Crippen molar-refractivity contribution in [2.75, 3.05) is 17.2 Å². The van der Waals surface area contributed by atoms with Gasteiger partial charge in [0.1, 0.15) is 0 Å². The molecule has 2 aromatic carbocycles. The van der Waals surface area contributed by atoms with E-state index in [1.807, 2.05) is 18.2 Å². The van der Waals surface area contributed by atoms with Crippen LogP contribution in [0.4, 0.5) is 11.8 Å². The summed E-state index contributed by atoms with van der Waals surface area (Å²) in [7, 11) is 0. The molecular formula is C19H19Cl2N5. The second-order valence-electron chi connectivity index (χ2n) is 5.92. The summed E-state index contributed by atoms with van der Waals surface area (Å²) in [6.45, 7) is 3.40. The van der Waals surface area contributed by atoms with Crippen LogP contribution in [-0.2, 0) is 13.0 Å². The molecule has 7 heteroatoms. The molecule has 0 bridgehead atoms. The standard InChI is InChI=1S/C19H19Cl2N5/c1-13-3-2-4-14(9-13)11-23-18-12-24-26-19(25-18)22-8-7-15-5-6-16(20)10-17(15)21/h2-6,9-10,12H,7-8,11H2,1H3,(H2,22,23,25,26). The van der Waals surface area contributed by atoms with Crippen LogP contribution < -0.4 is 10.6 Å². The van der Waals surface area contributed by atoms with Crippen molar-refractivity contribution in [1.82, 2.24) is 15.2 Å². The minimum Gasteiger partial charge on any atom is -0.365 e. The van der Waals surface area contributed by atoms with Gasteiger partial charge in [0.25, 0.3) is 0 Å². The molecule has 3 rings (SSSR count). The molecule has 0 saturated heterocycles. The van der Waals surface area contributed by atoms with Crippen molar-refractivity contribution in [3.8, 4) is 0 Å². The molecule has 0 spiro atoms. The highest BCUT2D eigenvalue weighted by atomic mass is 35.5. The lowest BCUT2D eigenvalue weighted by atomic mass is 10.1. The van der Waals surface area contributed by atoms with Gasteiger partial charge in [-0.05, 0) is 36.6 Å². The van der Waals surface area contributed by atoms with Crippen molar-refractivity contribution in [2.45, 2.75) is 19.9 Å². The Morgan fingerprint density at radius 2 is 1.92 bits per heavy atom. The molecule has 0 fully saturated rings. The highest BCUT2D eigenvalue weighted by molar-refractivity contribution is 6.35. The maximum atomic E-state index is 6.18. The smallest absolute Gasteiger partial charge is 0.244 e. The number of aryl methyl sites for hydroxylation is 1. The molecule has 2 N–H and O–H groups in total. The lowest BCUT2D eigenvalue weighted by molar-refractivity contribution is 0.921. The third kappa shape index (κ3) is 5.31. The van der Waals surface area contributed by atoms with Crippen LogP contribution in [0.2, 0.25) is 10.0 Å². The van der Waals surface area contributed by atoms with E-state index in [0.29, 0.717) is 34.9 Å². The van der Waals surface area contributed by atoms with Crippen molar-refractivity contribution < 1.29 is 0 Å². The molecule has 0 amide bonds. The first-order valence-electron chi connectivity index (χ1n) is 8.27. The second-order valence-corrected chi connectivity index (χ2v) is 6.76. The van der Waals surface area contributed by atoms with Crippen molar-refractivity contribution in [2.24, 2.45) is 0 Å². The molecule has 1 heterocycles. The van der Waals surface area contributed by atoms with E-state index in [-0.39, 0.29) is 0 Å². The van der Waals surface area contributed by atoms with Crippen LogP contribution in [0.5, 0.6) is 0 Å². The quantitative estimate of drug-likeness (QED) is 0.612. The van der Waals surface area contributed by atoms with Crippen LogP contribution in [0, 0.1) is 6.92 Å². The molecule has 1 aromatic heterocycles. The average Bonchev–Trinajstić information content (AvgIpc) is 2.62. The molecule has 0 saturated carbocycles. The first kappa shape index (κ1) is 18.4. The third-order valence-electron chi connectivity index (χ3n) is 3.81. The molecule has 26 heavy (non-hydrogen) atoms. The first-order valence-corrected chi connectivity index (χ1v) is 9.03. The van der Waals surface area contributed by atoms with E-state index < -0.39 is 0 Å². The Bertz CT molecular complexity index is 885. The largest absolute Gasteiger partial charge is 0.365 e. The number of benzene rings is 2. The van der Waals surface area contributed by atoms with E-state index in [1.54, 1.807) is 12.3 Å². The van der Waals surface area contributed by atoms with E-state index in [9.17, 15) is 0 Å². The summed E-state index contributed by atoms with van der Waals surface area (Å²) in [5.41, 5.74) is 3.44. The Kier molecular flexibility index (Phi) is 6.26. The lowest BCUT2D eigenvalue weighted by Gasteiger charge is -2.09. The summed E-state index contributed by atoms with van der Waals surface area (Å²) in [6.07, 6.45) is 2.34. The fraction of sp³-hybridized carbons (Fsp3) is 0.211. The SMILES string of the molecule is Cc1cccc(CNc2cnnc(NCCc3ccc(Cl)cc3Cl)n2)c1. The van der Waals surface area contributed by atoms with Crippen LogP contribution in [0.15, 0.2) is 48.7 Å². The van der Waals surface area contributed by atoms with Gasteiger partial charge in [0.05, 0.1) is 6.20 Å². The van der Waals surface area contributed by atoms with Gasteiger partial charge in [-0.3, -0.25) is 0 Å². The number of halogens is 2. The fourth-order valence-electron chi connectivity index (χ4n) is 2.51. The highest BCUT2D eigenvalue weighted by Gasteiger charge is 2.04. The molecule has 0 unspecified atom stereocenters. The van der Waals surface area contributed by atoms with Gasteiger partial charge in [0, 0.05) is 23.1 Å². The number of rotatable bonds is 7. The van der Waals surface area contributed by atoms with Crippen LogP contribution in [0.1, 0.15) is 16.7 Å². The number of nitrogens with one attached hydrogen (secondary N) is 2. The Labute approximate surface area is 162 Å². The summed E-state index contributed by atoms with van der Waals surface area (Å²) in [5.74, 6) is 1.15. The minimum absolute atomic E-state index is 0.476. The van der Waals surface area contributed by atoms with E-state index >= 15 is 0 Å². The summed E-state index contributed by atoms with van der Waals surface area (Å²) >= 11 is 12.1. The predicted molar refractivity (Wildman–Crippen MR) is 107 cm³/mol. The number of nitrogens with zero attached hydrogens (tertiary/aromatic N) is 3. The predicted octanol–water partition coefficient (Wildman–Crippen LogP) is 4.75. The van der Waals surface area contributed by atoms with Crippen LogP contribution in [0.3, 0.4) is 0 Å². The summed E-state index contributed by atoms with van der Waals surface area (Å²) in [4.78, 5) is 4.43. The Balaban J connectivity index is 1.53. The normalized spacial score (nSPS) is 10.6. The van der Waals surface area contributed by atoms with Gasteiger partial charge >= 0.3 is 0 Å². The molecule has 0 atom stereocenters. The van der Waals surface area contributed by atoms with Gasteiger partial charge in [-0.1, -0.05) is 59.1 Å². The number of hydrogen-bond acceptors (Lipinski definition) is 5. The Morgan fingerprint density at radius 3 is 2.73 bits per heavy atom. The molecule has 0 aliphatic heterocycles. The third-order valence-corrected chi connectivity index (χ3v) is 4.39. The van der Waals surface area contributed by atoms with Crippen LogP contribution >= 0.6 is 23.2 Å². The maximum absolute atomic E-state index is 6.18. The van der Waals surface area contributed by atoms with Gasteiger partial charge in [-0.25, -0.2) is 0 Å². The van der Waals surface area contributed by atoms with E-state index in [1.165, 1.54) is 11.1 Å². The van der Waals surface area contributed by atoms with E-state index in [2.05, 4.69) is 50.9 Å². The van der Waals surface area contributed by atoms with E-state index in [0.717, 1.165) is 12.0 Å². The monoisotopic (exact) mass is 387 g/mol. The molecule has 0 aliphatic carbocycles. The van der Waals surface area contributed by atoms with Gasteiger partial charge in [-0.2, -0.15) is 10.1 Å². The molecule has 3 aromatic rings. The molecule has 0 aliphatic rings. The van der Waals surface area contributed by atoms with E-state index in [4.69, 9.17) is 23.2 Å². The molecule has 5 nitrogen and oxygen atoms in total. The van der Waals surface area contributed by atoms with Gasteiger partial charge in [-0.15, -0.1) is 5.10 Å². The van der Waals surface area contributed by atoms with Crippen LogP contribution in [-0.4, -0.2) is 21.7 Å². The minimum atomic E-state index is 0.476. The fourth-order valence-corrected chi connectivity index (χ4v) is 3.01. The van der Waals surface area contributed by atoms with Crippen molar-refractivity contribution in [1.29, 1.82) is 0 Å². The zero-order valence-electron chi connectivity index (χ0n) is 14.3. The second kappa shape index (κ2) is 8.83. The van der Waals surface area contributed by atoms with Crippen molar-refractivity contribution >= 4 is 35.0 Å². The molecule has 0 radical (unpaired) electrons. The zero-order chi connectivity index (χ0) is 18.4. The summed E-state index contributed by atoms with van der Waals surface area (Å²) in [6, 6.07) is 13.8. The zero-order valence-corrected chi connectivity index (χ0v) is 15.8. The van der Waals surface area contributed by atoms with Crippen LogP contribution in [0.25, 0.3) is 0 Å².